The molecule has 0 bridgehead atoms. The van der Waals surface area contributed by atoms with E-state index in [9.17, 15) is 0 Å². The molecule has 0 saturated carbocycles. The zero-order chi connectivity index (χ0) is 18.5. The normalized spacial score (nSPS) is 26.3. The van der Waals surface area contributed by atoms with Crippen molar-refractivity contribution in [1.82, 2.24) is 4.90 Å². The third-order valence-corrected chi connectivity index (χ3v) is 5.95. The van der Waals surface area contributed by atoms with Crippen molar-refractivity contribution in [2.45, 2.75) is 86.5 Å². The molecular weight excluding hydrogens is 302 g/mol. The summed E-state index contributed by atoms with van der Waals surface area (Å²) >= 11 is 0. The van der Waals surface area contributed by atoms with Gasteiger partial charge in [0, 0.05) is 0 Å². The Hall–Kier alpha value is -0.560. The van der Waals surface area contributed by atoms with Gasteiger partial charge in [0.15, 0.2) is 0 Å². The molecule has 0 spiro atoms. The van der Waals surface area contributed by atoms with Crippen molar-refractivity contribution >= 4 is 0 Å². The molecule has 0 aromatic rings. The molecule has 1 unspecified atom stereocenters. The van der Waals surface area contributed by atoms with Crippen LogP contribution < -0.4 is 0 Å². The van der Waals surface area contributed by atoms with Crippen molar-refractivity contribution in [3.8, 4) is 0 Å². The van der Waals surface area contributed by atoms with E-state index in [1.54, 1.807) is 5.57 Å². The van der Waals surface area contributed by atoms with Crippen LogP contribution in [0.3, 0.4) is 0 Å². The first-order valence-corrected chi connectivity index (χ1v) is 10.8. The average molecular weight is 346 g/mol. The maximum absolute atomic E-state index is 2.70. The lowest BCUT2D eigenvalue weighted by molar-refractivity contribution is 0.179. The second kappa shape index (κ2) is 8.89. The quantitative estimate of drug-likeness (QED) is 0.487. The average Bonchev–Trinajstić information content (AvgIpc) is 2.49. The molecule has 1 saturated heterocycles. The van der Waals surface area contributed by atoms with Gasteiger partial charge in [-0.1, -0.05) is 65.3 Å². The number of piperidine rings is 1. The summed E-state index contributed by atoms with van der Waals surface area (Å²) in [7, 11) is 0. The standard InChI is InChI=1S/C24H43N/c1-20(2)8-7-15-25-16-11-22(12-17-25)18-21-9-13-24(6,14-10-21)19-23(3,4)5/h9-10,13,20,22H,7-8,11-12,14-19H2,1-6H3. The summed E-state index contributed by atoms with van der Waals surface area (Å²) in [6.07, 6.45) is 16.9. The maximum atomic E-state index is 2.70. The van der Waals surface area contributed by atoms with Crippen molar-refractivity contribution in [3.05, 3.63) is 23.8 Å². The fourth-order valence-electron chi connectivity index (χ4n) is 4.77. The van der Waals surface area contributed by atoms with E-state index in [0.29, 0.717) is 10.8 Å². The first-order chi connectivity index (χ1) is 11.7. The van der Waals surface area contributed by atoms with Gasteiger partial charge in [-0.2, -0.15) is 0 Å². The molecule has 2 aliphatic rings. The van der Waals surface area contributed by atoms with Crippen LogP contribution in [0.25, 0.3) is 0 Å². The van der Waals surface area contributed by atoms with Crippen LogP contribution in [0.5, 0.6) is 0 Å². The highest BCUT2D eigenvalue weighted by Crippen LogP contribution is 2.41. The Kier molecular flexibility index (Phi) is 7.38. The molecule has 1 nitrogen and oxygen atoms in total. The van der Waals surface area contributed by atoms with E-state index in [2.05, 4.69) is 64.7 Å². The van der Waals surface area contributed by atoms with Gasteiger partial charge in [-0.05, 0) is 87.2 Å². The van der Waals surface area contributed by atoms with Crippen LogP contribution in [-0.2, 0) is 0 Å². The largest absolute Gasteiger partial charge is 0.303 e. The van der Waals surface area contributed by atoms with E-state index in [4.69, 9.17) is 0 Å². The third kappa shape index (κ3) is 7.69. The Morgan fingerprint density at radius 2 is 1.88 bits per heavy atom. The topological polar surface area (TPSA) is 3.24 Å². The second-order valence-corrected chi connectivity index (χ2v) is 10.7. The molecular formula is C24H43N. The van der Waals surface area contributed by atoms with E-state index < -0.39 is 0 Å². The summed E-state index contributed by atoms with van der Waals surface area (Å²) in [5.41, 5.74) is 2.37. The molecule has 0 N–H and O–H groups in total. The van der Waals surface area contributed by atoms with Crippen LogP contribution in [0.4, 0.5) is 0 Å². The molecule has 25 heavy (non-hydrogen) atoms. The maximum Gasteiger partial charge on any atom is -0.00160 e. The number of hydrogen-bond donors (Lipinski definition) is 0. The lowest BCUT2D eigenvalue weighted by atomic mass is 9.70. The van der Waals surface area contributed by atoms with Gasteiger partial charge in [0.25, 0.3) is 0 Å². The van der Waals surface area contributed by atoms with Crippen molar-refractivity contribution in [2.24, 2.45) is 22.7 Å². The predicted octanol–water partition coefficient (Wildman–Crippen LogP) is 6.85. The molecule has 1 heteroatoms. The monoisotopic (exact) mass is 345 g/mol. The van der Waals surface area contributed by atoms with E-state index in [1.807, 2.05) is 0 Å². The molecule has 1 heterocycles. The molecule has 0 radical (unpaired) electrons. The molecule has 1 fully saturated rings. The number of nitrogens with zero attached hydrogens (tertiary/aromatic N) is 1. The summed E-state index contributed by atoms with van der Waals surface area (Å²) in [4.78, 5) is 2.70. The van der Waals surface area contributed by atoms with Crippen molar-refractivity contribution < 1.29 is 0 Å². The molecule has 0 amide bonds. The van der Waals surface area contributed by atoms with Crippen molar-refractivity contribution in [3.63, 3.8) is 0 Å². The van der Waals surface area contributed by atoms with E-state index in [-0.39, 0.29) is 0 Å². The smallest absolute Gasteiger partial charge is 0.00160 e. The zero-order valence-corrected chi connectivity index (χ0v) is 17.9. The summed E-state index contributed by atoms with van der Waals surface area (Å²) < 4.78 is 0. The van der Waals surface area contributed by atoms with Crippen molar-refractivity contribution in [1.29, 1.82) is 0 Å². The van der Waals surface area contributed by atoms with Gasteiger partial charge in [0.05, 0.1) is 0 Å². The lowest BCUT2D eigenvalue weighted by Crippen LogP contribution is -2.34. The molecule has 1 aliphatic heterocycles. The van der Waals surface area contributed by atoms with Gasteiger partial charge in [-0.15, -0.1) is 0 Å². The summed E-state index contributed by atoms with van der Waals surface area (Å²) in [5.74, 6) is 1.76. The number of hydrogen-bond acceptors (Lipinski definition) is 1. The van der Waals surface area contributed by atoms with Crippen LogP contribution in [-0.4, -0.2) is 24.5 Å². The molecule has 1 atom stereocenters. The van der Waals surface area contributed by atoms with Crippen LogP contribution in [0.2, 0.25) is 0 Å². The Labute approximate surface area is 158 Å². The number of likely N-dealkylation sites (tertiary alicyclic amines) is 1. The van der Waals surface area contributed by atoms with Gasteiger partial charge < -0.3 is 4.90 Å². The Morgan fingerprint density at radius 1 is 1.20 bits per heavy atom. The first-order valence-electron chi connectivity index (χ1n) is 10.8. The minimum Gasteiger partial charge on any atom is -0.303 e. The minimum atomic E-state index is 0.363. The molecule has 2 rings (SSSR count). The lowest BCUT2D eigenvalue weighted by Gasteiger charge is -2.36. The first kappa shape index (κ1) is 20.7. The highest BCUT2D eigenvalue weighted by Gasteiger charge is 2.29. The number of rotatable bonds is 7. The summed E-state index contributed by atoms with van der Waals surface area (Å²) in [6.45, 7) is 18.1. The van der Waals surface area contributed by atoms with Gasteiger partial charge in [0.1, 0.15) is 0 Å². The third-order valence-electron chi connectivity index (χ3n) is 5.95. The highest BCUT2D eigenvalue weighted by molar-refractivity contribution is 5.27. The molecule has 0 aromatic carbocycles. The second-order valence-electron chi connectivity index (χ2n) is 10.7. The molecule has 1 aliphatic carbocycles. The summed E-state index contributed by atoms with van der Waals surface area (Å²) in [5, 5.41) is 0. The molecule has 0 aromatic heterocycles. The van der Waals surface area contributed by atoms with Gasteiger partial charge >= 0.3 is 0 Å². The van der Waals surface area contributed by atoms with E-state index in [0.717, 1.165) is 11.8 Å². The predicted molar refractivity (Wildman–Crippen MR) is 112 cm³/mol. The van der Waals surface area contributed by atoms with E-state index in [1.165, 1.54) is 64.6 Å². The van der Waals surface area contributed by atoms with Crippen LogP contribution in [0, 0.1) is 22.7 Å². The Morgan fingerprint density at radius 3 is 2.40 bits per heavy atom. The fraction of sp³-hybridized carbons (Fsp3) is 0.833. The van der Waals surface area contributed by atoms with Gasteiger partial charge in [-0.3, -0.25) is 0 Å². The SMILES string of the molecule is CC(C)CCCN1CCC(CC2=CCC(C)(CC(C)(C)C)C=C2)CC1. The van der Waals surface area contributed by atoms with Crippen LogP contribution in [0.1, 0.15) is 86.5 Å². The van der Waals surface area contributed by atoms with Crippen LogP contribution in [0.15, 0.2) is 23.8 Å². The Balaban J connectivity index is 1.71. The summed E-state index contributed by atoms with van der Waals surface area (Å²) in [6, 6.07) is 0. The highest BCUT2D eigenvalue weighted by atomic mass is 15.1. The fourth-order valence-corrected chi connectivity index (χ4v) is 4.77. The van der Waals surface area contributed by atoms with Crippen molar-refractivity contribution in [2.75, 3.05) is 19.6 Å². The Bertz CT molecular complexity index is 457. The van der Waals surface area contributed by atoms with Gasteiger partial charge in [0.2, 0.25) is 0 Å². The van der Waals surface area contributed by atoms with Crippen LogP contribution >= 0.6 is 0 Å². The zero-order valence-electron chi connectivity index (χ0n) is 17.9. The number of allylic oxidation sites excluding steroid dienone is 4. The van der Waals surface area contributed by atoms with E-state index >= 15 is 0 Å². The van der Waals surface area contributed by atoms with Gasteiger partial charge in [-0.25, -0.2) is 0 Å². The molecule has 144 valence electrons. The minimum absolute atomic E-state index is 0.363.